The van der Waals surface area contributed by atoms with E-state index in [1.54, 1.807) is 17.5 Å². The molecule has 94 valence electrons. The molecule has 1 aromatic rings. The summed E-state index contributed by atoms with van der Waals surface area (Å²) in [4.78, 5) is 12.3. The van der Waals surface area contributed by atoms with Crippen LogP contribution in [0.2, 0.25) is 0 Å². The Morgan fingerprint density at radius 2 is 2.00 bits per heavy atom. The number of sulfone groups is 1. The van der Waals surface area contributed by atoms with Gasteiger partial charge in [-0.3, -0.25) is 4.79 Å². The van der Waals surface area contributed by atoms with Crippen molar-refractivity contribution in [1.29, 1.82) is 0 Å². The van der Waals surface area contributed by atoms with Gasteiger partial charge in [0.05, 0.1) is 10.1 Å². The van der Waals surface area contributed by atoms with Crippen LogP contribution in [0.15, 0.2) is 17.5 Å². The largest absolute Gasteiger partial charge is 0.292 e. The number of ketones is 1. The van der Waals surface area contributed by atoms with Gasteiger partial charge < -0.3 is 0 Å². The molecule has 2 rings (SSSR count). The summed E-state index contributed by atoms with van der Waals surface area (Å²) in [6.07, 6.45) is 4.50. The van der Waals surface area contributed by atoms with Gasteiger partial charge in [0.25, 0.3) is 0 Å². The van der Waals surface area contributed by atoms with Crippen LogP contribution < -0.4 is 0 Å². The zero-order valence-electron chi connectivity index (χ0n) is 9.59. The summed E-state index contributed by atoms with van der Waals surface area (Å²) in [5, 5.41) is 1.50. The number of hydrogen-bond donors (Lipinski definition) is 0. The molecule has 0 saturated heterocycles. The first-order chi connectivity index (χ1) is 8.09. The second-order valence-electron chi connectivity index (χ2n) is 4.47. The molecule has 0 N–H and O–H groups in total. The summed E-state index contributed by atoms with van der Waals surface area (Å²) in [6, 6.07) is 3.45. The first kappa shape index (κ1) is 12.8. The fourth-order valence-electron chi connectivity index (χ4n) is 2.23. The standard InChI is InChI=1S/C12H16O3S2/c13-11(12-7-4-8-16-12)9-17(14,15)10-5-2-1-3-6-10/h4,7-8,10H,1-3,5-6,9H2. The summed E-state index contributed by atoms with van der Waals surface area (Å²) in [6.45, 7) is 0. The van der Waals surface area contributed by atoms with E-state index in [1.807, 2.05) is 0 Å². The summed E-state index contributed by atoms with van der Waals surface area (Å²) in [5.41, 5.74) is 0. The SMILES string of the molecule is O=C(CS(=O)(=O)C1CCCCC1)c1cccs1. The molecule has 0 radical (unpaired) electrons. The zero-order chi connectivity index (χ0) is 12.3. The maximum absolute atomic E-state index is 12.1. The van der Waals surface area contributed by atoms with Crippen molar-refractivity contribution in [2.75, 3.05) is 5.75 Å². The molecular formula is C12H16O3S2. The summed E-state index contributed by atoms with van der Waals surface area (Å²) >= 11 is 1.30. The Morgan fingerprint density at radius 3 is 2.59 bits per heavy atom. The van der Waals surface area contributed by atoms with Crippen molar-refractivity contribution >= 4 is 27.0 Å². The summed E-state index contributed by atoms with van der Waals surface area (Å²) in [5.74, 6) is -0.580. The van der Waals surface area contributed by atoms with E-state index in [0.29, 0.717) is 4.88 Å². The Hall–Kier alpha value is -0.680. The zero-order valence-corrected chi connectivity index (χ0v) is 11.2. The monoisotopic (exact) mass is 272 g/mol. The smallest absolute Gasteiger partial charge is 0.187 e. The lowest BCUT2D eigenvalue weighted by molar-refractivity contribution is 0.102. The molecule has 0 aromatic carbocycles. The second-order valence-corrected chi connectivity index (χ2v) is 7.70. The van der Waals surface area contributed by atoms with Gasteiger partial charge in [0, 0.05) is 0 Å². The van der Waals surface area contributed by atoms with Crippen LogP contribution in [0, 0.1) is 0 Å². The van der Waals surface area contributed by atoms with Gasteiger partial charge in [0.1, 0.15) is 5.75 Å². The summed E-state index contributed by atoms with van der Waals surface area (Å²) in [7, 11) is -3.25. The molecule has 1 fully saturated rings. The van der Waals surface area contributed by atoms with Crippen molar-refractivity contribution in [3.8, 4) is 0 Å². The minimum atomic E-state index is -3.25. The molecule has 5 heteroatoms. The lowest BCUT2D eigenvalue weighted by atomic mass is 10.0. The first-order valence-electron chi connectivity index (χ1n) is 5.88. The van der Waals surface area contributed by atoms with Gasteiger partial charge in [0.2, 0.25) is 0 Å². The molecule has 0 atom stereocenters. The molecule has 3 nitrogen and oxygen atoms in total. The van der Waals surface area contributed by atoms with Crippen LogP contribution >= 0.6 is 11.3 Å². The van der Waals surface area contributed by atoms with Crippen molar-refractivity contribution in [3.05, 3.63) is 22.4 Å². The van der Waals surface area contributed by atoms with E-state index in [2.05, 4.69) is 0 Å². The molecule has 1 aliphatic carbocycles. The van der Waals surface area contributed by atoms with Crippen LogP contribution in [0.1, 0.15) is 41.8 Å². The highest BCUT2D eigenvalue weighted by Crippen LogP contribution is 2.25. The predicted octanol–water partition coefficient (Wildman–Crippen LogP) is 2.68. The van der Waals surface area contributed by atoms with Crippen LogP contribution in [0.3, 0.4) is 0 Å². The maximum Gasteiger partial charge on any atom is 0.187 e. The average molecular weight is 272 g/mol. The summed E-state index contributed by atoms with van der Waals surface area (Å²) < 4.78 is 24.2. The van der Waals surface area contributed by atoms with E-state index < -0.39 is 9.84 Å². The predicted molar refractivity (Wildman–Crippen MR) is 69.3 cm³/mol. The maximum atomic E-state index is 12.1. The first-order valence-corrected chi connectivity index (χ1v) is 8.47. The third-order valence-electron chi connectivity index (χ3n) is 3.19. The Kier molecular flexibility index (Phi) is 3.99. The third kappa shape index (κ3) is 3.16. The van der Waals surface area contributed by atoms with Gasteiger partial charge >= 0.3 is 0 Å². The van der Waals surface area contributed by atoms with Crippen molar-refractivity contribution in [2.45, 2.75) is 37.4 Å². The second kappa shape index (κ2) is 5.31. The molecule has 0 unspecified atom stereocenters. The van der Waals surface area contributed by atoms with Gasteiger partial charge in [-0.25, -0.2) is 8.42 Å². The molecule has 1 aliphatic rings. The molecule has 1 heterocycles. The molecule has 0 amide bonds. The normalized spacial score (nSPS) is 18.1. The van der Waals surface area contributed by atoms with Gasteiger partial charge in [0.15, 0.2) is 15.6 Å². The topological polar surface area (TPSA) is 51.2 Å². The molecule has 1 aromatic heterocycles. The lowest BCUT2D eigenvalue weighted by Crippen LogP contribution is -2.29. The highest BCUT2D eigenvalue weighted by atomic mass is 32.2. The Morgan fingerprint density at radius 1 is 1.29 bits per heavy atom. The van der Waals surface area contributed by atoms with E-state index >= 15 is 0 Å². The minimum absolute atomic E-state index is 0.259. The minimum Gasteiger partial charge on any atom is -0.292 e. The van der Waals surface area contributed by atoms with Crippen LogP contribution in [-0.4, -0.2) is 25.2 Å². The number of hydrogen-bond acceptors (Lipinski definition) is 4. The molecule has 17 heavy (non-hydrogen) atoms. The fourth-order valence-corrected chi connectivity index (χ4v) is 4.80. The van der Waals surface area contributed by atoms with Gasteiger partial charge in [-0.2, -0.15) is 0 Å². The number of thiophene rings is 1. The molecular weight excluding hydrogens is 256 g/mol. The van der Waals surface area contributed by atoms with E-state index in [4.69, 9.17) is 0 Å². The van der Waals surface area contributed by atoms with Crippen molar-refractivity contribution < 1.29 is 13.2 Å². The van der Waals surface area contributed by atoms with E-state index in [0.717, 1.165) is 32.1 Å². The third-order valence-corrected chi connectivity index (χ3v) is 6.25. The average Bonchev–Trinajstić information content (AvgIpc) is 2.83. The quantitative estimate of drug-likeness (QED) is 0.792. The fraction of sp³-hybridized carbons (Fsp3) is 0.583. The Bertz CT molecular complexity index is 468. The number of Topliss-reactive ketones (excluding diaryl/α,β-unsaturated/α-hetero) is 1. The molecule has 1 saturated carbocycles. The van der Waals surface area contributed by atoms with Crippen LogP contribution in [0.25, 0.3) is 0 Å². The van der Waals surface area contributed by atoms with Crippen molar-refractivity contribution in [1.82, 2.24) is 0 Å². The van der Waals surface area contributed by atoms with Gasteiger partial charge in [-0.05, 0) is 24.3 Å². The van der Waals surface area contributed by atoms with Crippen molar-refractivity contribution in [3.63, 3.8) is 0 Å². The van der Waals surface area contributed by atoms with E-state index in [9.17, 15) is 13.2 Å². The Balaban J connectivity index is 2.04. The highest BCUT2D eigenvalue weighted by molar-refractivity contribution is 7.92. The molecule has 0 bridgehead atoms. The van der Waals surface area contributed by atoms with Gasteiger partial charge in [-0.15, -0.1) is 11.3 Å². The van der Waals surface area contributed by atoms with Gasteiger partial charge in [-0.1, -0.05) is 25.3 Å². The lowest BCUT2D eigenvalue weighted by Gasteiger charge is -2.21. The van der Waals surface area contributed by atoms with Crippen LogP contribution in [-0.2, 0) is 9.84 Å². The number of carbonyl (C=O) groups excluding carboxylic acids is 1. The number of carbonyl (C=O) groups is 1. The van der Waals surface area contributed by atoms with Crippen molar-refractivity contribution in [2.24, 2.45) is 0 Å². The van der Waals surface area contributed by atoms with Crippen LogP contribution in [0.4, 0.5) is 0 Å². The Labute approximate surface area is 106 Å². The molecule has 0 aliphatic heterocycles. The highest BCUT2D eigenvalue weighted by Gasteiger charge is 2.29. The van der Waals surface area contributed by atoms with E-state index in [1.165, 1.54) is 11.3 Å². The molecule has 0 spiro atoms. The number of rotatable bonds is 4. The van der Waals surface area contributed by atoms with Crippen LogP contribution in [0.5, 0.6) is 0 Å². The van der Waals surface area contributed by atoms with E-state index in [-0.39, 0.29) is 16.8 Å².